The molecule has 1 aromatic carbocycles. The molecule has 0 spiro atoms. The molecule has 3 rings (SSSR count). The monoisotopic (exact) mass is 415 g/mol. The molecule has 0 atom stereocenters. The number of pyridine rings is 1. The van der Waals surface area contributed by atoms with E-state index in [0.29, 0.717) is 0 Å². The van der Waals surface area contributed by atoms with Gasteiger partial charge in [-0.25, -0.2) is 18.6 Å². The SMILES string of the molecule is O=C(NC1CCC(NCl)CC1)c1cc(F)cnc1Oc1ccc(F)c(Cl)c1. The molecule has 1 aliphatic carbocycles. The van der Waals surface area contributed by atoms with Crippen molar-refractivity contribution >= 4 is 29.3 Å². The molecule has 27 heavy (non-hydrogen) atoms. The van der Waals surface area contributed by atoms with Gasteiger partial charge in [-0.2, -0.15) is 0 Å². The van der Waals surface area contributed by atoms with Crippen LogP contribution in [0.4, 0.5) is 8.78 Å². The Balaban J connectivity index is 1.75. The van der Waals surface area contributed by atoms with E-state index in [1.165, 1.54) is 12.1 Å². The van der Waals surface area contributed by atoms with Crippen molar-refractivity contribution in [1.29, 1.82) is 0 Å². The van der Waals surface area contributed by atoms with E-state index in [1.807, 2.05) is 0 Å². The molecule has 144 valence electrons. The van der Waals surface area contributed by atoms with Crippen molar-refractivity contribution in [3.05, 3.63) is 52.7 Å². The fourth-order valence-corrected chi connectivity index (χ4v) is 3.32. The highest BCUT2D eigenvalue weighted by atomic mass is 35.5. The van der Waals surface area contributed by atoms with Crippen LogP contribution in [0.2, 0.25) is 5.02 Å². The maximum absolute atomic E-state index is 13.6. The highest BCUT2D eigenvalue weighted by molar-refractivity contribution is 6.30. The van der Waals surface area contributed by atoms with Crippen molar-refractivity contribution in [1.82, 2.24) is 15.1 Å². The normalized spacial score (nSPS) is 19.6. The number of halogens is 4. The first-order chi connectivity index (χ1) is 13.0. The summed E-state index contributed by atoms with van der Waals surface area (Å²) in [6, 6.07) is 4.95. The summed E-state index contributed by atoms with van der Waals surface area (Å²) >= 11 is 11.4. The van der Waals surface area contributed by atoms with Gasteiger partial charge in [0.05, 0.1) is 11.2 Å². The number of carbonyl (C=O) groups excluding carboxylic acids is 1. The average Bonchev–Trinajstić information content (AvgIpc) is 2.66. The molecule has 1 aliphatic rings. The van der Waals surface area contributed by atoms with Gasteiger partial charge in [0.15, 0.2) is 0 Å². The van der Waals surface area contributed by atoms with Gasteiger partial charge in [0, 0.05) is 18.2 Å². The Morgan fingerprint density at radius 3 is 2.52 bits per heavy atom. The molecule has 9 heteroatoms. The Labute approximate surface area is 165 Å². The van der Waals surface area contributed by atoms with Gasteiger partial charge in [-0.05, 0) is 55.7 Å². The van der Waals surface area contributed by atoms with Crippen LogP contribution >= 0.6 is 23.4 Å². The number of hydrogen-bond donors (Lipinski definition) is 2. The van der Waals surface area contributed by atoms with Gasteiger partial charge >= 0.3 is 0 Å². The summed E-state index contributed by atoms with van der Waals surface area (Å²) in [5.74, 6) is -1.67. The number of ether oxygens (including phenoxy) is 1. The highest BCUT2D eigenvalue weighted by Gasteiger charge is 2.24. The molecule has 0 bridgehead atoms. The van der Waals surface area contributed by atoms with E-state index in [1.54, 1.807) is 0 Å². The van der Waals surface area contributed by atoms with Crippen LogP contribution in [-0.4, -0.2) is 23.0 Å². The van der Waals surface area contributed by atoms with Gasteiger partial charge in [-0.1, -0.05) is 11.6 Å². The van der Waals surface area contributed by atoms with Crippen LogP contribution in [-0.2, 0) is 0 Å². The zero-order valence-corrected chi connectivity index (χ0v) is 15.7. The largest absolute Gasteiger partial charge is 0.438 e. The van der Waals surface area contributed by atoms with Crippen LogP contribution in [0.25, 0.3) is 0 Å². The lowest BCUT2D eigenvalue weighted by Gasteiger charge is -2.28. The average molecular weight is 416 g/mol. The van der Waals surface area contributed by atoms with Crippen molar-refractivity contribution in [3.63, 3.8) is 0 Å². The zero-order valence-electron chi connectivity index (χ0n) is 14.1. The Morgan fingerprint density at radius 2 is 1.85 bits per heavy atom. The lowest BCUT2D eigenvalue weighted by Crippen LogP contribution is -2.40. The first-order valence-electron chi connectivity index (χ1n) is 8.41. The third-order valence-corrected chi connectivity index (χ3v) is 4.98. The molecule has 0 saturated heterocycles. The first-order valence-corrected chi connectivity index (χ1v) is 9.17. The molecule has 1 fully saturated rings. The predicted octanol–water partition coefficient (Wildman–Crippen LogP) is 4.59. The Kier molecular flexibility index (Phi) is 6.46. The zero-order chi connectivity index (χ0) is 19.4. The minimum absolute atomic E-state index is 0.0462. The Hall–Kier alpha value is -1.96. The maximum atomic E-state index is 13.6. The highest BCUT2D eigenvalue weighted by Crippen LogP contribution is 2.28. The van der Waals surface area contributed by atoms with E-state index in [2.05, 4.69) is 15.1 Å². The van der Waals surface area contributed by atoms with Crippen LogP contribution in [0.15, 0.2) is 30.5 Å². The molecule has 1 saturated carbocycles. The standard InChI is InChI=1S/C18H17Cl2F2N3O2/c19-15-8-13(5-6-16(15)22)27-18-14(7-10(21)9-23-18)17(26)24-11-1-3-12(25-20)4-2-11/h5-9,11-12,25H,1-4H2,(H,24,26). The van der Waals surface area contributed by atoms with Crippen molar-refractivity contribution in [2.24, 2.45) is 0 Å². The summed E-state index contributed by atoms with van der Waals surface area (Å²) in [5.41, 5.74) is -0.0481. The molecular weight excluding hydrogens is 399 g/mol. The Morgan fingerprint density at radius 1 is 1.15 bits per heavy atom. The summed E-state index contributed by atoms with van der Waals surface area (Å²) in [4.78, 5) is 19.2. The maximum Gasteiger partial charge on any atom is 0.257 e. The fraction of sp³-hybridized carbons (Fsp3) is 0.333. The van der Waals surface area contributed by atoms with Crippen LogP contribution in [0.5, 0.6) is 11.6 Å². The van der Waals surface area contributed by atoms with Crippen molar-refractivity contribution < 1.29 is 18.3 Å². The van der Waals surface area contributed by atoms with Crippen LogP contribution in [0.1, 0.15) is 36.0 Å². The summed E-state index contributed by atoms with van der Waals surface area (Å²) in [5, 5.41) is 2.74. The van der Waals surface area contributed by atoms with Gasteiger partial charge in [0.2, 0.25) is 5.88 Å². The lowest BCUT2D eigenvalue weighted by atomic mass is 9.91. The molecule has 1 aromatic heterocycles. The second-order valence-corrected chi connectivity index (χ2v) is 6.94. The van der Waals surface area contributed by atoms with Gasteiger partial charge in [-0.15, -0.1) is 0 Å². The Bertz CT molecular complexity index is 830. The van der Waals surface area contributed by atoms with E-state index in [9.17, 15) is 13.6 Å². The third kappa shape index (κ3) is 5.06. The summed E-state index contributed by atoms with van der Waals surface area (Å²) in [6.07, 6.45) is 4.10. The second kappa shape index (κ2) is 8.82. The van der Waals surface area contributed by atoms with E-state index < -0.39 is 17.5 Å². The van der Waals surface area contributed by atoms with Gasteiger partial charge in [0.1, 0.15) is 22.9 Å². The first kappa shape index (κ1) is 19.8. The molecule has 0 aliphatic heterocycles. The molecule has 0 unspecified atom stereocenters. The quantitative estimate of drug-likeness (QED) is 0.700. The summed E-state index contributed by atoms with van der Waals surface area (Å²) < 4.78 is 32.5. The van der Waals surface area contributed by atoms with Gasteiger partial charge < -0.3 is 10.1 Å². The van der Waals surface area contributed by atoms with Crippen molar-refractivity contribution in [2.45, 2.75) is 37.8 Å². The number of hydrogen-bond acceptors (Lipinski definition) is 4. The molecule has 2 aromatic rings. The summed E-state index contributed by atoms with van der Waals surface area (Å²) in [7, 11) is 0. The van der Waals surface area contributed by atoms with E-state index in [4.69, 9.17) is 28.1 Å². The molecule has 5 nitrogen and oxygen atoms in total. The van der Waals surface area contributed by atoms with E-state index >= 15 is 0 Å². The molecule has 2 N–H and O–H groups in total. The molecule has 0 radical (unpaired) electrons. The number of nitrogens with zero attached hydrogens (tertiary/aromatic N) is 1. The minimum atomic E-state index is -0.667. The lowest BCUT2D eigenvalue weighted by molar-refractivity contribution is 0.0921. The topological polar surface area (TPSA) is 63.2 Å². The second-order valence-electron chi connectivity index (χ2n) is 6.32. The predicted molar refractivity (Wildman–Crippen MR) is 98.2 cm³/mol. The van der Waals surface area contributed by atoms with Crippen LogP contribution < -0.4 is 14.9 Å². The minimum Gasteiger partial charge on any atom is -0.438 e. The molecule has 1 amide bonds. The van der Waals surface area contributed by atoms with Crippen molar-refractivity contribution in [2.75, 3.05) is 0 Å². The van der Waals surface area contributed by atoms with E-state index in [0.717, 1.165) is 44.0 Å². The smallest absolute Gasteiger partial charge is 0.257 e. The van der Waals surface area contributed by atoms with Gasteiger partial charge in [0.25, 0.3) is 5.91 Å². The number of aromatic nitrogens is 1. The molecular formula is C18H17Cl2F2N3O2. The van der Waals surface area contributed by atoms with Crippen LogP contribution in [0, 0.1) is 11.6 Å². The number of amides is 1. The molecule has 1 heterocycles. The third-order valence-electron chi connectivity index (χ3n) is 4.38. The fourth-order valence-electron chi connectivity index (χ4n) is 2.93. The van der Waals surface area contributed by atoms with Crippen LogP contribution in [0.3, 0.4) is 0 Å². The van der Waals surface area contributed by atoms with Gasteiger partial charge in [-0.3, -0.25) is 4.79 Å². The van der Waals surface area contributed by atoms with E-state index in [-0.39, 0.29) is 34.3 Å². The number of nitrogens with one attached hydrogen (secondary N) is 2. The summed E-state index contributed by atoms with van der Waals surface area (Å²) in [6.45, 7) is 0. The number of rotatable bonds is 5. The van der Waals surface area contributed by atoms with Crippen molar-refractivity contribution in [3.8, 4) is 11.6 Å². The number of carbonyl (C=O) groups is 1. The number of benzene rings is 1.